The van der Waals surface area contributed by atoms with Gasteiger partial charge in [-0.25, -0.2) is 0 Å². The molecule has 0 amide bonds. The third-order valence-corrected chi connectivity index (χ3v) is 14.0. The summed E-state index contributed by atoms with van der Waals surface area (Å²) in [5.41, 5.74) is 18.9. The van der Waals surface area contributed by atoms with E-state index >= 15 is 0 Å². The van der Waals surface area contributed by atoms with E-state index in [0.29, 0.717) is 0 Å². The molecule has 0 unspecified atom stereocenters. The molecule has 332 valence electrons. The van der Waals surface area contributed by atoms with Gasteiger partial charge in [-0.1, -0.05) is 130 Å². The van der Waals surface area contributed by atoms with Crippen molar-refractivity contribution in [2.24, 2.45) is 0 Å². The average Bonchev–Trinajstić information content (AvgIpc) is 3.38. The highest BCUT2D eigenvalue weighted by Gasteiger charge is 2.36. The molecule has 4 nitrogen and oxygen atoms in total. The molecule has 0 saturated heterocycles. The van der Waals surface area contributed by atoms with Crippen molar-refractivity contribution >= 4 is 34.1 Å². The van der Waals surface area contributed by atoms with E-state index in [4.69, 9.17) is 9.47 Å². The van der Waals surface area contributed by atoms with Gasteiger partial charge >= 0.3 is 0 Å². The topological polar surface area (TPSA) is 24.9 Å². The summed E-state index contributed by atoms with van der Waals surface area (Å²) in [6.07, 6.45) is 7.90. The molecule has 0 aromatic heterocycles. The van der Waals surface area contributed by atoms with Gasteiger partial charge in [-0.2, -0.15) is 0 Å². The second-order valence-electron chi connectivity index (χ2n) is 17.8. The Kier molecular flexibility index (Phi) is 13.1. The molecule has 8 aromatic carbocycles. The van der Waals surface area contributed by atoms with Crippen LogP contribution in [-0.4, -0.2) is 14.2 Å². The predicted octanol–water partition coefficient (Wildman–Crippen LogP) is 17.0. The quantitative estimate of drug-likeness (QED) is 0.109. The standard InChI is InChI=1S/C62H62N2O2/c1-7-46-20-28-50(29-21-46)63(54-36-38-58(60(42-54)65-5)56-18-12-10-16-44(56)3)52-32-24-48(25-33-52)62(40-14-9-15-41-62)49-26-34-53(35-27-49)64(51-30-22-47(8-2)23-31-51)55-37-39-59(61(43-55)66-6)57-19-13-11-17-45(57)4/h10-13,16-39,42-43H,7-9,14-15,40-41H2,1-6H3. The minimum atomic E-state index is -0.0899. The SMILES string of the molecule is CCc1ccc(N(c2ccc(C3(c4ccc(N(c5ccc(CC)cc5)c5ccc(-c6ccccc6C)c(OC)c5)cc4)CCCCC3)cc2)c2ccc(-c3ccccc3C)c(OC)c2)cc1. The van der Waals surface area contributed by atoms with Gasteiger partial charge in [0, 0.05) is 62.8 Å². The van der Waals surface area contributed by atoms with E-state index in [9.17, 15) is 0 Å². The highest BCUT2D eigenvalue weighted by Crippen LogP contribution is 2.48. The van der Waals surface area contributed by atoms with Crippen molar-refractivity contribution in [2.75, 3.05) is 24.0 Å². The van der Waals surface area contributed by atoms with Crippen molar-refractivity contribution in [2.45, 2.75) is 78.1 Å². The molecule has 0 radical (unpaired) electrons. The monoisotopic (exact) mass is 866 g/mol. The molecule has 8 aromatic rings. The Morgan fingerprint density at radius 3 is 1.09 bits per heavy atom. The molecule has 1 saturated carbocycles. The molecular formula is C62H62N2O2. The summed E-state index contributed by atoms with van der Waals surface area (Å²) in [7, 11) is 3.54. The minimum absolute atomic E-state index is 0.0899. The molecule has 66 heavy (non-hydrogen) atoms. The van der Waals surface area contributed by atoms with E-state index in [1.54, 1.807) is 14.2 Å². The Balaban J connectivity index is 1.09. The van der Waals surface area contributed by atoms with E-state index in [1.165, 1.54) is 63.8 Å². The molecule has 1 fully saturated rings. The minimum Gasteiger partial charge on any atom is -0.496 e. The fraction of sp³-hybridized carbons (Fsp3) is 0.226. The lowest BCUT2D eigenvalue weighted by molar-refractivity contribution is 0.346. The van der Waals surface area contributed by atoms with Crippen LogP contribution >= 0.6 is 0 Å². The second-order valence-corrected chi connectivity index (χ2v) is 17.8. The number of rotatable bonds is 14. The zero-order valence-electron chi connectivity index (χ0n) is 39.5. The second kappa shape index (κ2) is 19.6. The summed E-state index contributed by atoms with van der Waals surface area (Å²) in [6.45, 7) is 8.73. The third kappa shape index (κ3) is 8.73. The fourth-order valence-electron chi connectivity index (χ4n) is 10.2. The lowest BCUT2D eigenvalue weighted by Gasteiger charge is -2.39. The van der Waals surface area contributed by atoms with Crippen LogP contribution in [0.2, 0.25) is 0 Å². The molecule has 4 heteroatoms. The largest absolute Gasteiger partial charge is 0.496 e. The van der Waals surface area contributed by atoms with Crippen molar-refractivity contribution in [3.63, 3.8) is 0 Å². The van der Waals surface area contributed by atoms with Crippen molar-refractivity contribution in [3.05, 3.63) is 215 Å². The number of hydrogen-bond donors (Lipinski definition) is 0. The van der Waals surface area contributed by atoms with E-state index in [0.717, 1.165) is 82.4 Å². The normalized spacial score (nSPS) is 13.2. The molecule has 0 N–H and O–H groups in total. The van der Waals surface area contributed by atoms with Crippen molar-refractivity contribution < 1.29 is 9.47 Å². The molecule has 0 heterocycles. The van der Waals surface area contributed by atoms with Gasteiger partial charge in [-0.3, -0.25) is 0 Å². The lowest BCUT2D eigenvalue weighted by atomic mass is 9.65. The summed E-state index contributed by atoms with van der Waals surface area (Å²) in [5, 5.41) is 0. The summed E-state index contributed by atoms with van der Waals surface area (Å²) < 4.78 is 12.2. The maximum Gasteiger partial charge on any atom is 0.128 e. The number of nitrogens with zero attached hydrogens (tertiary/aromatic N) is 2. The first-order valence-electron chi connectivity index (χ1n) is 23.8. The van der Waals surface area contributed by atoms with E-state index in [2.05, 4.69) is 219 Å². The van der Waals surface area contributed by atoms with E-state index in [-0.39, 0.29) is 5.41 Å². The van der Waals surface area contributed by atoms with E-state index in [1.807, 2.05) is 0 Å². The maximum atomic E-state index is 6.10. The van der Waals surface area contributed by atoms with Crippen LogP contribution in [0.1, 0.15) is 79.3 Å². The molecule has 0 atom stereocenters. The van der Waals surface area contributed by atoms with Gasteiger partial charge in [-0.15, -0.1) is 0 Å². The van der Waals surface area contributed by atoms with Gasteiger partial charge in [0.05, 0.1) is 14.2 Å². The first-order valence-corrected chi connectivity index (χ1v) is 23.8. The lowest BCUT2D eigenvalue weighted by Crippen LogP contribution is -2.30. The highest BCUT2D eigenvalue weighted by atomic mass is 16.5. The van der Waals surface area contributed by atoms with Gasteiger partial charge in [-0.05, 0) is 157 Å². The van der Waals surface area contributed by atoms with E-state index < -0.39 is 0 Å². The number of methoxy groups -OCH3 is 2. The molecule has 1 aliphatic carbocycles. The van der Waals surface area contributed by atoms with Crippen LogP contribution in [0, 0.1) is 13.8 Å². The van der Waals surface area contributed by atoms with Gasteiger partial charge < -0.3 is 19.3 Å². The van der Waals surface area contributed by atoms with Gasteiger partial charge in [0.15, 0.2) is 0 Å². The molecular weight excluding hydrogens is 805 g/mol. The van der Waals surface area contributed by atoms with Crippen molar-refractivity contribution in [1.82, 2.24) is 0 Å². The van der Waals surface area contributed by atoms with Crippen LogP contribution in [0.4, 0.5) is 34.1 Å². The van der Waals surface area contributed by atoms with Crippen LogP contribution in [0.25, 0.3) is 22.3 Å². The zero-order valence-corrected chi connectivity index (χ0v) is 39.5. The number of anilines is 6. The van der Waals surface area contributed by atoms with Crippen LogP contribution in [0.3, 0.4) is 0 Å². The van der Waals surface area contributed by atoms with Crippen molar-refractivity contribution in [3.8, 4) is 33.8 Å². The molecule has 0 spiro atoms. The summed E-state index contributed by atoms with van der Waals surface area (Å²) in [4.78, 5) is 4.72. The van der Waals surface area contributed by atoms with Crippen LogP contribution in [0.15, 0.2) is 182 Å². The fourth-order valence-corrected chi connectivity index (χ4v) is 10.2. The molecule has 1 aliphatic rings. The van der Waals surface area contributed by atoms with Gasteiger partial charge in [0.2, 0.25) is 0 Å². The summed E-state index contributed by atoms with van der Waals surface area (Å²) >= 11 is 0. The Morgan fingerprint density at radius 1 is 0.394 bits per heavy atom. The Hall–Kier alpha value is -7.04. The third-order valence-electron chi connectivity index (χ3n) is 14.0. The first-order chi connectivity index (χ1) is 32.3. The summed E-state index contributed by atoms with van der Waals surface area (Å²) in [6, 6.07) is 67.1. The molecule has 9 rings (SSSR count). The van der Waals surface area contributed by atoms with Crippen LogP contribution in [-0.2, 0) is 18.3 Å². The van der Waals surface area contributed by atoms with Gasteiger partial charge in [0.1, 0.15) is 11.5 Å². The number of benzene rings is 8. The van der Waals surface area contributed by atoms with Crippen LogP contribution < -0.4 is 19.3 Å². The zero-order chi connectivity index (χ0) is 45.6. The number of ether oxygens (including phenoxy) is 2. The van der Waals surface area contributed by atoms with Crippen LogP contribution in [0.5, 0.6) is 11.5 Å². The Bertz CT molecular complexity index is 2700. The van der Waals surface area contributed by atoms with Gasteiger partial charge in [0.25, 0.3) is 0 Å². The maximum absolute atomic E-state index is 6.10. The predicted molar refractivity (Wildman–Crippen MR) is 278 cm³/mol. The smallest absolute Gasteiger partial charge is 0.128 e. The molecule has 0 bridgehead atoms. The molecule has 0 aliphatic heterocycles. The van der Waals surface area contributed by atoms with Crippen molar-refractivity contribution in [1.29, 1.82) is 0 Å². The Labute approximate surface area is 393 Å². The summed E-state index contributed by atoms with van der Waals surface area (Å²) in [5.74, 6) is 1.71. The number of hydrogen-bond acceptors (Lipinski definition) is 4. The number of aryl methyl sites for hydroxylation is 4. The Morgan fingerprint density at radius 2 is 0.742 bits per heavy atom. The first kappa shape index (κ1) is 44.2. The highest BCUT2D eigenvalue weighted by molar-refractivity contribution is 5.84. The average molecular weight is 867 g/mol.